The highest BCUT2D eigenvalue weighted by Gasteiger charge is 2.44. The number of rotatable bonds is 8. The molecule has 106 valence electrons. The second-order valence-corrected chi connectivity index (χ2v) is 6.26. The van der Waals surface area contributed by atoms with Crippen molar-refractivity contribution < 1.29 is 18.9 Å². The van der Waals surface area contributed by atoms with Crippen molar-refractivity contribution in [2.45, 2.75) is 18.6 Å². The Morgan fingerprint density at radius 2 is 1.26 bits per heavy atom. The molecule has 4 nitrogen and oxygen atoms in total. The summed E-state index contributed by atoms with van der Waals surface area (Å²) >= 11 is 0. The van der Waals surface area contributed by atoms with Gasteiger partial charge >= 0.3 is 0 Å². The van der Waals surface area contributed by atoms with Crippen LogP contribution in [0.25, 0.3) is 0 Å². The molecular formula is C15H22O4. The van der Waals surface area contributed by atoms with Crippen LogP contribution >= 0.6 is 0 Å². The highest BCUT2D eigenvalue weighted by Crippen LogP contribution is 2.48. The predicted octanol–water partition coefficient (Wildman–Crippen LogP) is 1.26. The molecule has 0 radical (unpaired) electrons. The van der Waals surface area contributed by atoms with E-state index in [1.807, 2.05) is 0 Å². The molecule has 0 amide bonds. The molecule has 19 heavy (non-hydrogen) atoms. The fourth-order valence-electron chi connectivity index (χ4n) is 3.52. The molecule has 4 aliphatic rings. The molecule has 4 rings (SSSR count). The highest BCUT2D eigenvalue weighted by atomic mass is 16.6. The number of fused-ring (bicyclic) bond motifs is 2. The Morgan fingerprint density at radius 1 is 0.789 bits per heavy atom. The van der Waals surface area contributed by atoms with Crippen LogP contribution in [0.4, 0.5) is 0 Å². The second kappa shape index (κ2) is 5.17. The first-order chi connectivity index (χ1) is 9.40. The minimum atomic E-state index is 0.371. The summed E-state index contributed by atoms with van der Waals surface area (Å²) < 4.78 is 22.0. The summed E-state index contributed by atoms with van der Waals surface area (Å²) in [5.41, 5.74) is 0. The van der Waals surface area contributed by atoms with E-state index in [0.717, 1.165) is 39.6 Å². The quantitative estimate of drug-likeness (QED) is 0.490. The summed E-state index contributed by atoms with van der Waals surface area (Å²) in [4.78, 5) is 0. The van der Waals surface area contributed by atoms with E-state index < -0.39 is 0 Å². The smallest absolute Gasteiger partial charge is 0.104 e. The lowest BCUT2D eigenvalue weighted by atomic mass is 9.84. The standard InChI is InChI=1S/C15H22O4/c1-2-11-3-10(1)14(8-16-4-12-6-18-12)15(11)9-17-5-13-7-19-13/h1-2,10-15H,3-9H2. The van der Waals surface area contributed by atoms with Gasteiger partial charge in [-0.2, -0.15) is 0 Å². The first-order valence-corrected chi connectivity index (χ1v) is 7.47. The van der Waals surface area contributed by atoms with E-state index in [-0.39, 0.29) is 0 Å². The van der Waals surface area contributed by atoms with Crippen LogP contribution in [0, 0.1) is 23.7 Å². The zero-order valence-corrected chi connectivity index (χ0v) is 11.2. The van der Waals surface area contributed by atoms with Crippen LogP contribution in [0.5, 0.6) is 0 Å². The number of hydrogen-bond acceptors (Lipinski definition) is 4. The van der Waals surface area contributed by atoms with Crippen molar-refractivity contribution in [2.75, 3.05) is 39.6 Å². The van der Waals surface area contributed by atoms with Crippen molar-refractivity contribution in [3.05, 3.63) is 12.2 Å². The molecular weight excluding hydrogens is 244 g/mol. The van der Waals surface area contributed by atoms with Crippen LogP contribution < -0.4 is 0 Å². The lowest BCUT2D eigenvalue weighted by Crippen LogP contribution is -2.29. The van der Waals surface area contributed by atoms with Crippen LogP contribution in [0.2, 0.25) is 0 Å². The van der Waals surface area contributed by atoms with E-state index >= 15 is 0 Å². The Labute approximate surface area is 114 Å². The molecule has 0 aromatic heterocycles. The third-order valence-electron chi connectivity index (χ3n) is 4.83. The minimum Gasteiger partial charge on any atom is -0.378 e. The maximum absolute atomic E-state index is 5.83. The third-order valence-corrected chi connectivity index (χ3v) is 4.83. The summed E-state index contributed by atoms with van der Waals surface area (Å²) in [6.45, 7) is 5.01. The molecule has 2 bridgehead atoms. The van der Waals surface area contributed by atoms with Gasteiger partial charge in [0.1, 0.15) is 12.2 Å². The maximum Gasteiger partial charge on any atom is 0.104 e. The van der Waals surface area contributed by atoms with Crippen LogP contribution in [0.1, 0.15) is 6.42 Å². The van der Waals surface area contributed by atoms with E-state index in [1.54, 1.807) is 0 Å². The molecule has 0 aromatic rings. The van der Waals surface area contributed by atoms with Gasteiger partial charge < -0.3 is 18.9 Å². The molecule has 0 spiro atoms. The van der Waals surface area contributed by atoms with Crippen molar-refractivity contribution in [1.82, 2.24) is 0 Å². The van der Waals surface area contributed by atoms with Gasteiger partial charge in [-0.3, -0.25) is 0 Å². The Bertz CT molecular complexity index is 316. The normalized spacial score (nSPS) is 45.9. The lowest BCUT2D eigenvalue weighted by molar-refractivity contribution is 0.0204. The van der Waals surface area contributed by atoms with Gasteiger partial charge in [-0.15, -0.1) is 0 Å². The van der Waals surface area contributed by atoms with Gasteiger partial charge in [0.2, 0.25) is 0 Å². The van der Waals surface area contributed by atoms with Gasteiger partial charge in [0.05, 0.1) is 39.6 Å². The average Bonchev–Trinajstić information content (AvgIpc) is 3.33. The van der Waals surface area contributed by atoms with Gasteiger partial charge in [-0.05, 0) is 30.1 Å². The molecule has 2 aliphatic heterocycles. The lowest BCUT2D eigenvalue weighted by Gasteiger charge is -2.27. The first-order valence-electron chi connectivity index (χ1n) is 7.47. The topological polar surface area (TPSA) is 43.5 Å². The Balaban J connectivity index is 1.26. The van der Waals surface area contributed by atoms with Crippen LogP contribution in [-0.2, 0) is 18.9 Å². The van der Waals surface area contributed by atoms with E-state index in [0.29, 0.717) is 35.9 Å². The fraction of sp³-hybridized carbons (Fsp3) is 0.867. The molecule has 0 aromatic carbocycles. The third kappa shape index (κ3) is 2.87. The Hall–Kier alpha value is -0.420. The molecule has 4 heteroatoms. The summed E-state index contributed by atoms with van der Waals surface area (Å²) in [7, 11) is 0. The fourth-order valence-corrected chi connectivity index (χ4v) is 3.52. The monoisotopic (exact) mass is 266 g/mol. The van der Waals surface area contributed by atoms with Gasteiger partial charge in [0, 0.05) is 0 Å². The van der Waals surface area contributed by atoms with Crippen LogP contribution in [0.3, 0.4) is 0 Å². The van der Waals surface area contributed by atoms with E-state index in [4.69, 9.17) is 18.9 Å². The highest BCUT2D eigenvalue weighted by molar-refractivity contribution is 5.13. The summed E-state index contributed by atoms with van der Waals surface area (Å²) in [6, 6.07) is 0. The molecule has 2 aliphatic carbocycles. The molecule has 6 unspecified atom stereocenters. The minimum absolute atomic E-state index is 0.371. The number of epoxide rings is 2. The van der Waals surface area contributed by atoms with Gasteiger partial charge in [0.15, 0.2) is 0 Å². The van der Waals surface area contributed by atoms with E-state index in [9.17, 15) is 0 Å². The zero-order chi connectivity index (χ0) is 12.7. The van der Waals surface area contributed by atoms with Crippen molar-refractivity contribution in [3.8, 4) is 0 Å². The SMILES string of the molecule is C1=CC2CC1C(COCC1CO1)C2COCC1CO1. The summed E-state index contributed by atoms with van der Waals surface area (Å²) in [6.07, 6.45) is 6.80. The number of allylic oxidation sites excluding steroid dienone is 2. The molecule has 6 atom stereocenters. The molecule has 2 heterocycles. The van der Waals surface area contributed by atoms with Gasteiger partial charge in [-0.1, -0.05) is 12.2 Å². The zero-order valence-electron chi connectivity index (χ0n) is 11.2. The maximum atomic E-state index is 5.83. The van der Waals surface area contributed by atoms with E-state index in [1.165, 1.54) is 6.42 Å². The number of ether oxygens (including phenoxy) is 4. The van der Waals surface area contributed by atoms with Crippen molar-refractivity contribution in [1.29, 1.82) is 0 Å². The van der Waals surface area contributed by atoms with Crippen molar-refractivity contribution in [2.24, 2.45) is 23.7 Å². The van der Waals surface area contributed by atoms with Gasteiger partial charge in [-0.25, -0.2) is 0 Å². The second-order valence-electron chi connectivity index (χ2n) is 6.26. The first kappa shape index (κ1) is 12.3. The van der Waals surface area contributed by atoms with Crippen molar-refractivity contribution >= 4 is 0 Å². The number of hydrogen-bond donors (Lipinski definition) is 0. The Morgan fingerprint density at radius 3 is 1.68 bits per heavy atom. The molecule has 2 saturated heterocycles. The molecule has 3 fully saturated rings. The van der Waals surface area contributed by atoms with Crippen LogP contribution in [-0.4, -0.2) is 51.8 Å². The van der Waals surface area contributed by atoms with E-state index in [2.05, 4.69) is 12.2 Å². The van der Waals surface area contributed by atoms with Gasteiger partial charge in [0.25, 0.3) is 0 Å². The molecule has 0 N–H and O–H groups in total. The molecule has 1 saturated carbocycles. The largest absolute Gasteiger partial charge is 0.378 e. The summed E-state index contributed by atoms with van der Waals surface area (Å²) in [5.74, 6) is 2.68. The van der Waals surface area contributed by atoms with Crippen molar-refractivity contribution in [3.63, 3.8) is 0 Å². The van der Waals surface area contributed by atoms with Crippen LogP contribution in [0.15, 0.2) is 12.2 Å². The average molecular weight is 266 g/mol. The summed E-state index contributed by atoms with van der Waals surface area (Å²) in [5, 5.41) is 0. The predicted molar refractivity (Wildman–Crippen MR) is 68.8 cm³/mol. The Kier molecular flexibility index (Phi) is 3.35.